The number of carbonyl (C=O) groups excluding carboxylic acids is 4. The van der Waals surface area contributed by atoms with E-state index in [0.29, 0.717) is 5.56 Å². The van der Waals surface area contributed by atoms with Crippen molar-refractivity contribution < 1.29 is 71.7 Å². The van der Waals surface area contributed by atoms with Crippen molar-refractivity contribution in [2.45, 2.75) is 95.4 Å². The lowest BCUT2D eigenvalue weighted by atomic mass is 9.96. The van der Waals surface area contributed by atoms with E-state index in [4.69, 9.17) is 47.4 Å². The number of carbonyl (C=O) groups is 4. The quantitative estimate of drug-likeness (QED) is 0.223. The molecule has 2 aromatic rings. The van der Waals surface area contributed by atoms with Gasteiger partial charge in [0.05, 0.1) is 6.61 Å². The summed E-state index contributed by atoms with van der Waals surface area (Å²) in [6.45, 7) is 2.95. The molecule has 0 aromatic heterocycles. The Balaban J connectivity index is 1.67. The summed E-state index contributed by atoms with van der Waals surface area (Å²) in [5, 5.41) is 11.1. The molecule has 6 unspecified atom stereocenters. The lowest BCUT2D eigenvalue weighted by Gasteiger charge is -2.48. The first-order valence-electron chi connectivity index (χ1n) is 15.6. The Morgan fingerprint density at radius 1 is 0.653 bits per heavy atom. The van der Waals surface area contributed by atoms with Crippen molar-refractivity contribution in [3.8, 4) is 0 Å². The molecule has 268 valence electrons. The lowest BCUT2D eigenvalue weighted by Crippen LogP contribution is -2.66. The van der Waals surface area contributed by atoms with Gasteiger partial charge in [0.25, 0.3) is 0 Å². The van der Waals surface area contributed by atoms with Crippen LogP contribution in [0.2, 0.25) is 0 Å². The Kier molecular flexibility index (Phi) is 14.0. The molecular weight excluding hydrogens is 648 g/mol. The fourth-order valence-corrected chi connectivity index (χ4v) is 5.52. The second-order valence-corrected chi connectivity index (χ2v) is 11.3. The first-order valence-corrected chi connectivity index (χ1v) is 15.6. The molecule has 49 heavy (non-hydrogen) atoms. The van der Waals surface area contributed by atoms with E-state index in [1.54, 1.807) is 48.5 Å². The number of ether oxygens (including phenoxy) is 10. The highest BCUT2D eigenvalue weighted by Gasteiger charge is 2.56. The van der Waals surface area contributed by atoms with Crippen molar-refractivity contribution in [1.82, 2.24) is 0 Å². The van der Waals surface area contributed by atoms with E-state index < -0.39 is 91.9 Å². The maximum atomic E-state index is 13.3. The van der Waals surface area contributed by atoms with E-state index in [1.807, 2.05) is 12.1 Å². The third kappa shape index (κ3) is 10.3. The molecule has 2 saturated heterocycles. The minimum absolute atomic E-state index is 0.0143. The van der Waals surface area contributed by atoms with Gasteiger partial charge in [-0.3, -0.25) is 14.4 Å². The van der Waals surface area contributed by atoms with Gasteiger partial charge in [-0.05, 0) is 11.1 Å². The van der Waals surface area contributed by atoms with Gasteiger partial charge in [0.1, 0.15) is 43.7 Å². The Bertz CT molecular complexity index is 1370. The molecule has 15 nitrogen and oxygen atoms in total. The van der Waals surface area contributed by atoms with E-state index in [0.717, 1.165) is 19.4 Å². The number of methoxy groups -OCH3 is 2. The molecular formula is C34H42O15. The Hall–Kier alpha value is -3.96. The van der Waals surface area contributed by atoms with Crippen LogP contribution in [0.4, 0.5) is 0 Å². The van der Waals surface area contributed by atoms with Gasteiger partial charge in [0, 0.05) is 35.0 Å². The van der Waals surface area contributed by atoms with Crippen LogP contribution in [0.15, 0.2) is 60.7 Å². The fourth-order valence-electron chi connectivity index (χ4n) is 5.52. The zero-order chi connectivity index (χ0) is 35.5. The summed E-state index contributed by atoms with van der Waals surface area (Å²) in [5.41, 5.74) is 1.45. The number of aliphatic hydroxyl groups is 1. The molecule has 2 aliphatic rings. The molecule has 4 rings (SSSR count). The van der Waals surface area contributed by atoms with Gasteiger partial charge < -0.3 is 52.5 Å². The van der Waals surface area contributed by atoms with Gasteiger partial charge in [0.2, 0.25) is 6.29 Å². The summed E-state index contributed by atoms with van der Waals surface area (Å²) in [5.74, 6) is -3.05. The number of esters is 4. The van der Waals surface area contributed by atoms with Gasteiger partial charge in [-0.2, -0.15) is 0 Å². The van der Waals surface area contributed by atoms with Crippen LogP contribution < -0.4 is 0 Å². The molecule has 10 atom stereocenters. The molecule has 2 aromatic carbocycles. The minimum atomic E-state index is -1.60. The Morgan fingerprint density at radius 3 is 1.80 bits per heavy atom. The van der Waals surface area contributed by atoms with Gasteiger partial charge in [0.15, 0.2) is 24.6 Å². The molecule has 0 bridgehead atoms. The van der Waals surface area contributed by atoms with Crippen molar-refractivity contribution in [3.05, 3.63) is 71.8 Å². The van der Waals surface area contributed by atoms with Gasteiger partial charge >= 0.3 is 23.9 Å². The summed E-state index contributed by atoms with van der Waals surface area (Å²) in [7, 11) is 2.62. The maximum Gasteiger partial charge on any atom is 0.338 e. The topological polar surface area (TPSA) is 181 Å². The van der Waals surface area contributed by atoms with E-state index in [-0.39, 0.29) is 13.2 Å². The van der Waals surface area contributed by atoms with Crippen LogP contribution in [-0.4, -0.2) is 111 Å². The smallest absolute Gasteiger partial charge is 0.338 e. The van der Waals surface area contributed by atoms with E-state index in [9.17, 15) is 24.3 Å². The van der Waals surface area contributed by atoms with Crippen LogP contribution in [0.25, 0.3) is 0 Å². The summed E-state index contributed by atoms with van der Waals surface area (Å²) < 4.78 is 57.6. The van der Waals surface area contributed by atoms with Crippen LogP contribution in [0.1, 0.15) is 31.9 Å². The average Bonchev–Trinajstić information content (AvgIpc) is 3.07. The number of hydrogen-bond acceptors (Lipinski definition) is 15. The Morgan fingerprint density at radius 2 is 1.24 bits per heavy atom. The van der Waals surface area contributed by atoms with Gasteiger partial charge in [-0.15, -0.1) is 0 Å². The molecule has 1 N–H and O–H groups in total. The monoisotopic (exact) mass is 690 g/mol. The predicted octanol–water partition coefficient (Wildman–Crippen LogP) is 1.60. The zero-order valence-electron chi connectivity index (χ0n) is 27.8. The normalized spacial score (nSPS) is 29.8. The van der Waals surface area contributed by atoms with Crippen LogP contribution in [0.5, 0.6) is 0 Å². The lowest BCUT2D eigenvalue weighted by molar-refractivity contribution is -0.359. The number of aliphatic hydroxyl groups excluding tert-OH is 1. The standard InChI is InChI=1S/C34H42O15/c1-19(35)42-18-24-26(29(45-20(2)36)31(34(47-24)46-21(3)37)43-16-22-12-8-6-9-13-22)48-33-30(41-5)27(40-4)25(38)28(49-33)32(39)44-17-23-14-10-7-11-15-23/h6-15,24-31,33-34,38H,16-18H2,1-5H3/t24?,25-,26-,27?,28?,29?,30+,31?,33-,34?/m1/s1. The predicted molar refractivity (Wildman–Crippen MR) is 165 cm³/mol. The first kappa shape index (κ1) is 37.9. The molecule has 2 fully saturated rings. The van der Waals surface area contributed by atoms with Crippen molar-refractivity contribution in [2.75, 3.05) is 20.8 Å². The third-order valence-electron chi connectivity index (χ3n) is 7.72. The fraction of sp³-hybridized carbons (Fsp3) is 0.529. The molecule has 2 heterocycles. The highest BCUT2D eigenvalue weighted by atomic mass is 16.8. The van der Waals surface area contributed by atoms with Crippen molar-refractivity contribution in [1.29, 1.82) is 0 Å². The molecule has 0 saturated carbocycles. The van der Waals surface area contributed by atoms with Gasteiger partial charge in [-0.25, -0.2) is 4.79 Å². The molecule has 2 aliphatic heterocycles. The number of benzene rings is 2. The third-order valence-corrected chi connectivity index (χ3v) is 7.72. The summed E-state index contributed by atoms with van der Waals surface area (Å²) in [4.78, 5) is 49.8. The van der Waals surface area contributed by atoms with Crippen LogP contribution in [0, 0.1) is 0 Å². The zero-order valence-corrected chi connectivity index (χ0v) is 27.8. The maximum absolute atomic E-state index is 13.3. The number of hydrogen-bond donors (Lipinski definition) is 1. The van der Waals surface area contributed by atoms with E-state index in [1.165, 1.54) is 21.1 Å². The summed E-state index contributed by atoms with van der Waals surface area (Å²) >= 11 is 0. The first-order chi connectivity index (χ1) is 23.5. The van der Waals surface area contributed by atoms with Crippen LogP contribution in [-0.2, 0) is 79.8 Å². The summed E-state index contributed by atoms with van der Waals surface area (Å²) in [6.07, 6.45) is -13.6. The van der Waals surface area contributed by atoms with Gasteiger partial charge in [-0.1, -0.05) is 60.7 Å². The molecule has 0 aliphatic carbocycles. The molecule has 0 amide bonds. The average molecular weight is 691 g/mol. The van der Waals surface area contributed by atoms with E-state index in [2.05, 4.69) is 0 Å². The van der Waals surface area contributed by atoms with Crippen molar-refractivity contribution in [2.24, 2.45) is 0 Å². The SMILES string of the molecule is COC1[C@@H](O)C(C(=O)OCc2ccccc2)O[C@@H](O[C@@H]2C(COC(C)=O)OC(OC(C)=O)C(OCc3ccccc3)C2OC(C)=O)[C@H]1OC. The number of rotatable bonds is 14. The minimum Gasteiger partial charge on any atom is -0.463 e. The highest BCUT2D eigenvalue weighted by molar-refractivity contribution is 5.76. The molecule has 0 radical (unpaired) electrons. The second kappa shape index (κ2) is 18.2. The van der Waals surface area contributed by atoms with Crippen LogP contribution in [0.3, 0.4) is 0 Å². The largest absolute Gasteiger partial charge is 0.463 e. The second-order valence-electron chi connectivity index (χ2n) is 11.3. The van der Waals surface area contributed by atoms with Crippen molar-refractivity contribution in [3.63, 3.8) is 0 Å². The Labute approximate surface area is 283 Å². The highest BCUT2D eigenvalue weighted by Crippen LogP contribution is 2.34. The molecule has 15 heteroatoms. The van der Waals surface area contributed by atoms with Crippen molar-refractivity contribution >= 4 is 23.9 Å². The molecule has 0 spiro atoms. The summed E-state index contributed by atoms with van der Waals surface area (Å²) in [6, 6.07) is 17.9. The van der Waals surface area contributed by atoms with Crippen LogP contribution >= 0.6 is 0 Å². The van der Waals surface area contributed by atoms with E-state index >= 15 is 0 Å².